The molecule has 104 valence electrons. The lowest BCUT2D eigenvalue weighted by Gasteiger charge is -2.17. The highest BCUT2D eigenvalue weighted by molar-refractivity contribution is 5.95. The molecule has 1 aromatic carbocycles. The van der Waals surface area contributed by atoms with Crippen molar-refractivity contribution in [3.05, 3.63) is 17.7 Å². The van der Waals surface area contributed by atoms with Gasteiger partial charge in [-0.25, -0.2) is 0 Å². The highest BCUT2D eigenvalue weighted by atomic mass is 16.5. The van der Waals surface area contributed by atoms with E-state index >= 15 is 0 Å². The maximum Gasteiger partial charge on any atom is 0.256 e. The summed E-state index contributed by atoms with van der Waals surface area (Å²) >= 11 is 0. The van der Waals surface area contributed by atoms with Crippen LogP contribution in [0.15, 0.2) is 12.1 Å². The number of benzene rings is 1. The van der Waals surface area contributed by atoms with E-state index in [0.29, 0.717) is 42.7 Å². The molecule has 6 nitrogen and oxygen atoms in total. The molecule has 0 N–H and O–H groups in total. The molecule has 0 atom stereocenters. The van der Waals surface area contributed by atoms with Crippen LogP contribution in [0.4, 0.5) is 0 Å². The minimum atomic E-state index is -0.114. The molecule has 2 rings (SSSR count). The van der Waals surface area contributed by atoms with E-state index in [1.54, 1.807) is 17.0 Å². The second kappa shape index (κ2) is 5.79. The van der Waals surface area contributed by atoms with Crippen molar-refractivity contribution in [2.24, 2.45) is 0 Å². The van der Waals surface area contributed by atoms with Crippen LogP contribution in [0.3, 0.4) is 0 Å². The Bertz CT molecular complexity index is 443. The third-order valence-corrected chi connectivity index (χ3v) is 2.95. The zero-order valence-electron chi connectivity index (χ0n) is 11.3. The fourth-order valence-corrected chi connectivity index (χ4v) is 1.96. The molecule has 1 saturated heterocycles. The second-order valence-corrected chi connectivity index (χ2v) is 4.02. The molecule has 6 heteroatoms. The lowest BCUT2D eigenvalue weighted by Crippen LogP contribution is -2.28. The Balaban J connectivity index is 2.37. The molecular formula is C13H17NO5. The predicted molar refractivity (Wildman–Crippen MR) is 68.0 cm³/mol. The van der Waals surface area contributed by atoms with Gasteiger partial charge in [0.2, 0.25) is 5.75 Å². The fraction of sp³-hybridized carbons (Fsp3) is 0.462. The van der Waals surface area contributed by atoms with E-state index in [1.165, 1.54) is 21.3 Å². The van der Waals surface area contributed by atoms with Crippen LogP contribution in [-0.2, 0) is 4.74 Å². The second-order valence-electron chi connectivity index (χ2n) is 4.02. The molecule has 0 unspecified atom stereocenters. The summed E-state index contributed by atoms with van der Waals surface area (Å²) in [6, 6.07) is 3.28. The lowest BCUT2D eigenvalue weighted by atomic mass is 10.1. The number of hydrogen-bond acceptors (Lipinski definition) is 5. The van der Waals surface area contributed by atoms with Crippen molar-refractivity contribution in [3.63, 3.8) is 0 Å². The average molecular weight is 267 g/mol. The first-order valence-electron chi connectivity index (χ1n) is 5.88. The molecular weight excluding hydrogens is 250 g/mol. The molecule has 1 amide bonds. The van der Waals surface area contributed by atoms with Gasteiger partial charge in [-0.1, -0.05) is 0 Å². The highest BCUT2D eigenvalue weighted by Gasteiger charge is 2.23. The maximum absolute atomic E-state index is 12.3. The molecule has 0 aliphatic carbocycles. The van der Waals surface area contributed by atoms with Crippen LogP contribution >= 0.6 is 0 Å². The number of methoxy groups -OCH3 is 3. The van der Waals surface area contributed by atoms with Crippen molar-refractivity contribution < 1.29 is 23.7 Å². The predicted octanol–water partition coefficient (Wildman–Crippen LogP) is 1.14. The summed E-state index contributed by atoms with van der Waals surface area (Å²) in [5.41, 5.74) is 0.486. The highest BCUT2D eigenvalue weighted by Crippen LogP contribution is 2.38. The molecule has 0 spiro atoms. The number of nitrogens with zero attached hydrogens (tertiary/aromatic N) is 1. The zero-order valence-corrected chi connectivity index (χ0v) is 11.3. The molecule has 1 fully saturated rings. The summed E-state index contributed by atoms with van der Waals surface area (Å²) in [6.45, 7) is 1.47. The molecule has 0 radical (unpaired) electrons. The van der Waals surface area contributed by atoms with Gasteiger partial charge in [-0.2, -0.15) is 0 Å². The minimum absolute atomic E-state index is 0.114. The SMILES string of the molecule is COc1cc(C(=O)N2CCOC2)cc(OC)c1OC. The summed E-state index contributed by atoms with van der Waals surface area (Å²) in [5.74, 6) is 1.28. The summed E-state index contributed by atoms with van der Waals surface area (Å²) < 4.78 is 20.8. The molecule has 1 heterocycles. The van der Waals surface area contributed by atoms with Gasteiger partial charge in [0, 0.05) is 12.1 Å². The Hall–Kier alpha value is -1.95. The van der Waals surface area contributed by atoms with Crippen LogP contribution in [0.1, 0.15) is 10.4 Å². The van der Waals surface area contributed by atoms with E-state index in [9.17, 15) is 4.79 Å². The van der Waals surface area contributed by atoms with Crippen molar-refractivity contribution in [1.29, 1.82) is 0 Å². The van der Waals surface area contributed by atoms with Crippen molar-refractivity contribution in [1.82, 2.24) is 4.90 Å². The third kappa shape index (κ3) is 2.58. The van der Waals surface area contributed by atoms with E-state index in [2.05, 4.69) is 0 Å². The van der Waals surface area contributed by atoms with Gasteiger partial charge in [-0.05, 0) is 12.1 Å². The van der Waals surface area contributed by atoms with Crippen LogP contribution in [0.2, 0.25) is 0 Å². The zero-order chi connectivity index (χ0) is 13.8. The number of hydrogen-bond donors (Lipinski definition) is 0. The van der Waals surface area contributed by atoms with Crippen LogP contribution in [-0.4, -0.2) is 52.0 Å². The Morgan fingerprint density at radius 2 is 1.79 bits per heavy atom. The first-order chi connectivity index (χ1) is 9.21. The fourth-order valence-electron chi connectivity index (χ4n) is 1.96. The third-order valence-electron chi connectivity index (χ3n) is 2.95. The number of carbonyl (C=O) groups excluding carboxylic acids is 1. The summed E-state index contributed by atoms with van der Waals surface area (Å²) in [6.07, 6.45) is 0. The number of amides is 1. The summed E-state index contributed by atoms with van der Waals surface area (Å²) in [5, 5.41) is 0. The van der Waals surface area contributed by atoms with Gasteiger partial charge in [0.1, 0.15) is 6.73 Å². The molecule has 1 aliphatic rings. The van der Waals surface area contributed by atoms with E-state index in [1.807, 2.05) is 0 Å². The largest absolute Gasteiger partial charge is 0.493 e. The van der Waals surface area contributed by atoms with Gasteiger partial charge in [-0.15, -0.1) is 0 Å². The first-order valence-corrected chi connectivity index (χ1v) is 5.88. The molecule has 0 aromatic heterocycles. The van der Waals surface area contributed by atoms with Crippen LogP contribution in [0, 0.1) is 0 Å². The minimum Gasteiger partial charge on any atom is -0.493 e. The maximum atomic E-state index is 12.3. The Morgan fingerprint density at radius 1 is 1.16 bits per heavy atom. The molecule has 19 heavy (non-hydrogen) atoms. The molecule has 0 bridgehead atoms. The molecule has 1 aliphatic heterocycles. The van der Waals surface area contributed by atoms with Gasteiger partial charge >= 0.3 is 0 Å². The van der Waals surface area contributed by atoms with Gasteiger partial charge in [0.15, 0.2) is 11.5 Å². The number of rotatable bonds is 4. The Kier molecular flexibility index (Phi) is 4.11. The van der Waals surface area contributed by atoms with Crippen molar-refractivity contribution in [2.75, 3.05) is 41.2 Å². The average Bonchev–Trinajstić information content (AvgIpc) is 2.98. The first kappa shape index (κ1) is 13.5. The van der Waals surface area contributed by atoms with Crippen LogP contribution < -0.4 is 14.2 Å². The Labute approximate surface area is 111 Å². The van der Waals surface area contributed by atoms with E-state index in [0.717, 1.165) is 0 Å². The van der Waals surface area contributed by atoms with E-state index in [-0.39, 0.29) is 5.91 Å². The number of carbonyl (C=O) groups is 1. The van der Waals surface area contributed by atoms with Crippen LogP contribution in [0.25, 0.3) is 0 Å². The van der Waals surface area contributed by atoms with E-state index in [4.69, 9.17) is 18.9 Å². The lowest BCUT2D eigenvalue weighted by molar-refractivity contribution is 0.0694. The van der Waals surface area contributed by atoms with Gasteiger partial charge in [0.05, 0.1) is 27.9 Å². The normalized spacial score (nSPS) is 14.4. The standard InChI is InChI=1S/C13H17NO5/c1-16-10-6-9(7-11(17-2)12(10)18-3)13(15)14-4-5-19-8-14/h6-7H,4-5,8H2,1-3H3. The van der Waals surface area contributed by atoms with Crippen LogP contribution in [0.5, 0.6) is 17.2 Å². The van der Waals surface area contributed by atoms with Gasteiger partial charge in [0.25, 0.3) is 5.91 Å². The van der Waals surface area contributed by atoms with E-state index < -0.39 is 0 Å². The quantitative estimate of drug-likeness (QED) is 0.819. The smallest absolute Gasteiger partial charge is 0.256 e. The van der Waals surface area contributed by atoms with Gasteiger partial charge in [-0.3, -0.25) is 4.79 Å². The van der Waals surface area contributed by atoms with Crippen molar-refractivity contribution in [3.8, 4) is 17.2 Å². The topological polar surface area (TPSA) is 57.2 Å². The number of ether oxygens (including phenoxy) is 4. The monoisotopic (exact) mass is 267 g/mol. The summed E-state index contributed by atoms with van der Waals surface area (Å²) in [4.78, 5) is 13.9. The Morgan fingerprint density at radius 3 is 2.21 bits per heavy atom. The van der Waals surface area contributed by atoms with Crippen molar-refractivity contribution >= 4 is 5.91 Å². The molecule has 1 aromatic rings. The molecule has 0 saturated carbocycles. The van der Waals surface area contributed by atoms with Gasteiger partial charge < -0.3 is 23.8 Å². The summed E-state index contributed by atoms with van der Waals surface area (Å²) in [7, 11) is 4.56. The van der Waals surface area contributed by atoms with Crippen molar-refractivity contribution in [2.45, 2.75) is 0 Å².